The maximum Gasteiger partial charge on any atom is 0.265 e. The molecule has 0 radical (unpaired) electrons. The van der Waals surface area contributed by atoms with E-state index in [9.17, 15) is 9.90 Å². The number of benzene rings is 2. The number of phenols is 1. The van der Waals surface area contributed by atoms with Gasteiger partial charge in [0.05, 0.1) is 12.2 Å². The molecular formula is C15H13NO3. The van der Waals surface area contributed by atoms with Crippen LogP contribution in [0.5, 0.6) is 11.5 Å². The van der Waals surface area contributed by atoms with Crippen LogP contribution in [0.1, 0.15) is 5.56 Å². The number of anilines is 1. The van der Waals surface area contributed by atoms with Crippen LogP contribution >= 0.6 is 0 Å². The number of hydrogen-bond donors (Lipinski definition) is 1. The molecule has 0 saturated carbocycles. The number of ether oxygens (including phenoxy) is 1. The third-order valence-corrected chi connectivity index (χ3v) is 3.06. The molecule has 4 heteroatoms. The fraction of sp³-hybridized carbons (Fsp3) is 0.133. The lowest BCUT2D eigenvalue weighted by molar-refractivity contribution is -0.121. The Morgan fingerprint density at radius 2 is 2.00 bits per heavy atom. The third-order valence-electron chi connectivity index (χ3n) is 3.06. The van der Waals surface area contributed by atoms with Crippen molar-refractivity contribution in [2.75, 3.05) is 11.5 Å². The van der Waals surface area contributed by atoms with Gasteiger partial charge >= 0.3 is 0 Å². The molecule has 0 spiro atoms. The zero-order valence-electron chi connectivity index (χ0n) is 10.2. The minimum Gasteiger partial charge on any atom is -0.508 e. The van der Waals surface area contributed by atoms with Crippen LogP contribution < -0.4 is 9.64 Å². The number of nitrogens with zero attached hydrogens (tertiary/aromatic N) is 1. The SMILES string of the molecule is O=C1COc2ccccc2N1Cc1cccc(O)c1. The Morgan fingerprint density at radius 3 is 2.84 bits per heavy atom. The summed E-state index contributed by atoms with van der Waals surface area (Å²) >= 11 is 0. The number of fused-ring (bicyclic) bond motifs is 1. The number of hydrogen-bond acceptors (Lipinski definition) is 3. The molecule has 1 aliphatic heterocycles. The summed E-state index contributed by atoms with van der Waals surface area (Å²) in [6.07, 6.45) is 0. The molecule has 0 aromatic heterocycles. The highest BCUT2D eigenvalue weighted by Crippen LogP contribution is 2.32. The van der Waals surface area contributed by atoms with Crippen LogP contribution in [0.25, 0.3) is 0 Å². The molecule has 3 rings (SSSR count). The number of carbonyl (C=O) groups is 1. The van der Waals surface area contributed by atoms with E-state index < -0.39 is 0 Å². The normalized spacial score (nSPS) is 13.9. The van der Waals surface area contributed by atoms with Crippen molar-refractivity contribution in [2.45, 2.75) is 6.54 Å². The Labute approximate surface area is 110 Å². The summed E-state index contributed by atoms with van der Waals surface area (Å²) in [5.41, 5.74) is 1.65. The quantitative estimate of drug-likeness (QED) is 0.896. The highest BCUT2D eigenvalue weighted by Gasteiger charge is 2.25. The molecule has 0 bridgehead atoms. The van der Waals surface area contributed by atoms with Crippen LogP contribution in [0.3, 0.4) is 0 Å². The van der Waals surface area contributed by atoms with Crippen LogP contribution in [0.15, 0.2) is 48.5 Å². The summed E-state index contributed by atoms with van der Waals surface area (Å²) in [7, 11) is 0. The molecule has 2 aromatic rings. The van der Waals surface area contributed by atoms with Crippen molar-refractivity contribution >= 4 is 11.6 Å². The molecule has 0 saturated heterocycles. The van der Waals surface area contributed by atoms with Crippen molar-refractivity contribution in [3.63, 3.8) is 0 Å². The molecule has 19 heavy (non-hydrogen) atoms. The molecule has 1 heterocycles. The molecule has 4 nitrogen and oxygen atoms in total. The molecule has 0 fully saturated rings. The van der Waals surface area contributed by atoms with Gasteiger partial charge in [-0.3, -0.25) is 4.79 Å². The first-order valence-electron chi connectivity index (χ1n) is 6.04. The summed E-state index contributed by atoms with van der Waals surface area (Å²) in [6.45, 7) is 0.476. The Kier molecular flexibility index (Phi) is 2.83. The van der Waals surface area contributed by atoms with Crippen molar-refractivity contribution < 1.29 is 14.6 Å². The van der Waals surface area contributed by atoms with Crippen molar-refractivity contribution in [2.24, 2.45) is 0 Å². The number of para-hydroxylation sites is 2. The zero-order chi connectivity index (χ0) is 13.2. The number of rotatable bonds is 2. The van der Waals surface area contributed by atoms with Crippen LogP contribution in [0.4, 0.5) is 5.69 Å². The van der Waals surface area contributed by atoms with Gasteiger partial charge in [0.15, 0.2) is 6.61 Å². The minimum absolute atomic E-state index is 0.0514. The van der Waals surface area contributed by atoms with Crippen molar-refractivity contribution in [3.05, 3.63) is 54.1 Å². The fourth-order valence-corrected chi connectivity index (χ4v) is 2.16. The summed E-state index contributed by atoms with van der Waals surface area (Å²) in [5, 5.41) is 9.48. The molecular weight excluding hydrogens is 242 g/mol. The fourth-order valence-electron chi connectivity index (χ4n) is 2.16. The van der Waals surface area contributed by atoms with Gasteiger partial charge in [-0.1, -0.05) is 24.3 Å². The maximum atomic E-state index is 12.0. The van der Waals surface area contributed by atoms with Crippen LogP contribution in [-0.2, 0) is 11.3 Å². The molecule has 2 aromatic carbocycles. The Morgan fingerprint density at radius 1 is 1.16 bits per heavy atom. The Balaban J connectivity index is 1.94. The Hall–Kier alpha value is -2.49. The van der Waals surface area contributed by atoms with Gasteiger partial charge in [0.1, 0.15) is 11.5 Å². The van der Waals surface area contributed by atoms with E-state index in [0.29, 0.717) is 12.3 Å². The first-order chi connectivity index (χ1) is 9.24. The van der Waals surface area contributed by atoms with E-state index in [1.807, 2.05) is 30.3 Å². The van der Waals surface area contributed by atoms with Crippen molar-refractivity contribution in [3.8, 4) is 11.5 Å². The van der Waals surface area contributed by atoms with Gasteiger partial charge < -0.3 is 14.7 Å². The lowest BCUT2D eigenvalue weighted by Gasteiger charge is -2.29. The summed E-state index contributed by atoms with van der Waals surface area (Å²) in [4.78, 5) is 13.7. The van der Waals surface area contributed by atoms with E-state index in [4.69, 9.17) is 4.74 Å². The number of amides is 1. The first-order valence-corrected chi connectivity index (χ1v) is 6.04. The first kappa shape index (κ1) is 11.6. The van der Waals surface area contributed by atoms with E-state index in [1.165, 1.54) is 0 Å². The highest BCUT2D eigenvalue weighted by molar-refractivity contribution is 5.97. The smallest absolute Gasteiger partial charge is 0.265 e. The number of carbonyl (C=O) groups excluding carboxylic acids is 1. The summed E-state index contributed by atoms with van der Waals surface area (Å²) < 4.78 is 5.39. The van der Waals surface area contributed by atoms with E-state index in [0.717, 1.165) is 11.3 Å². The second-order valence-corrected chi connectivity index (χ2v) is 4.41. The largest absolute Gasteiger partial charge is 0.508 e. The Bertz CT molecular complexity index is 624. The highest BCUT2D eigenvalue weighted by atomic mass is 16.5. The van der Waals surface area contributed by atoms with Crippen LogP contribution in [0, 0.1) is 0 Å². The van der Waals surface area contributed by atoms with Crippen LogP contribution in [0.2, 0.25) is 0 Å². The second-order valence-electron chi connectivity index (χ2n) is 4.41. The topological polar surface area (TPSA) is 49.8 Å². The van der Waals surface area contributed by atoms with Gasteiger partial charge in [0.2, 0.25) is 0 Å². The van der Waals surface area contributed by atoms with E-state index in [1.54, 1.807) is 23.1 Å². The molecule has 0 aliphatic carbocycles. The second kappa shape index (κ2) is 4.65. The van der Waals surface area contributed by atoms with Gasteiger partial charge in [-0.2, -0.15) is 0 Å². The molecule has 1 N–H and O–H groups in total. The minimum atomic E-state index is -0.0814. The molecule has 1 amide bonds. The van der Waals surface area contributed by atoms with Gasteiger partial charge in [0, 0.05) is 0 Å². The van der Waals surface area contributed by atoms with E-state index in [2.05, 4.69) is 0 Å². The molecule has 0 unspecified atom stereocenters. The average molecular weight is 255 g/mol. The van der Waals surface area contributed by atoms with E-state index >= 15 is 0 Å². The van der Waals surface area contributed by atoms with Gasteiger partial charge in [0.25, 0.3) is 5.91 Å². The lowest BCUT2D eigenvalue weighted by atomic mass is 10.1. The van der Waals surface area contributed by atoms with E-state index in [-0.39, 0.29) is 18.3 Å². The lowest BCUT2D eigenvalue weighted by Crippen LogP contribution is -2.38. The summed E-state index contributed by atoms with van der Waals surface area (Å²) in [6, 6.07) is 14.4. The number of phenolic OH excluding ortho intramolecular Hbond substituents is 1. The van der Waals surface area contributed by atoms with Crippen molar-refractivity contribution in [1.29, 1.82) is 0 Å². The van der Waals surface area contributed by atoms with Crippen molar-refractivity contribution in [1.82, 2.24) is 0 Å². The maximum absolute atomic E-state index is 12.0. The van der Waals surface area contributed by atoms with Gasteiger partial charge in [-0.15, -0.1) is 0 Å². The predicted molar refractivity (Wildman–Crippen MR) is 71.2 cm³/mol. The summed E-state index contributed by atoms with van der Waals surface area (Å²) in [5.74, 6) is 0.829. The molecule has 96 valence electrons. The standard InChI is InChI=1S/C15H13NO3/c17-12-5-3-4-11(8-12)9-16-13-6-1-2-7-14(13)19-10-15(16)18/h1-8,17H,9-10H2. The predicted octanol–water partition coefficient (Wildman–Crippen LogP) is 2.32. The number of aromatic hydroxyl groups is 1. The molecule has 0 atom stereocenters. The third kappa shape index (κ3) is 2.25. The van der Waals surface area contributed by atoms with Gasteiger partial charge in [-0.05, 0) is 29.8 Å². The van der Waals surface area contributed by atoms with Gasteiger partial charge in [-0.25, -0.2) is 0 Å². The average Bonchev–Trinajstić information content (AvgIpc) is 2.42. The monoisotopic (exact) mass is 255 g/mol. The van der Waals surface area contributed by atoms with Crippen LogP contribution in [-0.4, -0.2) is 17.6 Å². The molecule has 1 aliphatic rings. The zero-order valence-corrected chi connectivity index (χ0v) is 10.2.